The number of para-hydroxylation sites is 2. The van der Waals surface area contributed by atoms with E-state index in [1.165, 1.54) is 14.2 Å². The molecule has 9 nitrogen and oxygen atoms in total. The van der Waals surface area contributed by atoms with Gasteiger partial charge in [-0.25, -0.2) is 22.8 Å². The molecule has 11 heteroatoms. The van der Waals surface area contributed by atoms with Crippen molar-refractivity contribution in [2.45, 2.75) is 4.90 Å². The maximum Gasteiger partial charge on any atom is 0.263 e. The number of nitrogens with one attached hydrogen (secondary N) is 2. The molecule has 3 aromatic carbocycles. The highest BCUT2D eigenvalue weighted by Crippen LogP contribution is 2.31. The second-order valence-electron chi connectivity index (χ2n) is 6.99. The van der Waals surface area contributed by atoms with Crippen LogP contribution in [0.15, 0.2) is 65.6 Å². The van der Waals surface area contributed by atoms with E-state index in [0.29, 0.717) is 28.2 Å². The number of methoxy groups -OCH3 is 2. The maximum absolute atomic E-state index is 13.7. The number of benzene rings is 3. The predicted molar refractivity (Wildman–Crippen MR) is 124 cm³/mol. The van der Waals surface area contributed by atoms with Crippen LogP contribution in [0.3, 0.4) is 0 Å². The van der Waals surface area contributed by atoms with Gasteiger partial charge in [0.1, 0.15) is 23.4 Å². The van der Waals surface area contributed by atoms with Crippen LogP contribution in [-0.4, -0.2) is 32.6 Å². The second kappa shape index (κ2) is 9.21. The lowest BCUT2D eigenvalue weighted by Gasteiger charge is -2.15. The van der Waals surface area contributed by atoms with Gasteiger partial charge in [0.05, 0.1) is 35.7 Å². The van der Waals surface area contributed by atoms with Gasteiger partial charge in [0.25, 0.3) is 10.0 Å². The van der Waals surface area contributed by atoms with Crippen molar-refractivity contribution in [3.63, 3.8) is 0 Å². The average molecular weight is 479 g/mol. The highest BCUT2D eigenvalue weighted by atomic mass is 32.2. The van der Waals surface area contributed by atoms with Crippen LogP contribution in [0, 0.1) is 17.1 Å². The zero-order chi connectivity index (χ0) is 24.3. The molecule has 0 aliphatic heterocycles. The minimum absolute atomic E-state index is 0.0941. The number of aromatic nitrogens is 2. The smallest absolute Gasteiger partial charge is 0.263 e. The van der Waals surface area contributed by atoms with Crippen molar-refractivity contribution in [1.29, 1.82) is 5.26 Å². The van der Waals surface area contributed by atoms with Crippen molar-refractivity contribution < 1.29 is 22.3 Å². The second-order valence-corrected chi connectivity index (χ2v) is 8.68. The van der Waals surface area contributed by atoms with Crippen LogP contribution >= 0.6 is 0 Å². The molecule has 0 aliphatic carbocycles. The quantitative estimate of drug-likeness (QED) is 0.404. The standard InChI is InChI=1S/C23H18FN5O4S/c1-32-16-10-15(11-17(12-16)33-2)26-22-23(28-21-6-4-3-5-20(21)27-22)29-34(30,31)18-7-8-19(24)14(9-18)13-25/h3-12H,1-2H3,(H,26,27)(H,28,29). The molecule has 0 bridgehead atoms. The Morgan fingerprint density at radius 1 is 0.912 bits per heavy atom. The van der Waals surface area contributed by atoms with E-state index < -0.39 is 21.4 Å². The zero-order valence-electron chi connectivity index (χ0n) is 18.0. The van der Waals surface area contributed by atoms with E-state index in [1.54, 1.807) is 48.5 Å². The van der Waals surface area contributed by atoms with Crippen LogP contribution in [0.4, 0.5) is 21.7 Å². The zero-order valence-corrected chi connectivity index (χ0v) is 18.9. The highest BCUT2D eigenvalue weighted by molar-refractivity contribution is 7.92. The normalized spacial score (nSPS) is 11.0. The lowest BCUT2D eigenvalue weighted by molar-refractivity contribution is 0.395. The molecule has 0 aliphatic rings. The van der Waals surface area contributed by atoms with Crippen LogP contribution in [0.1, 0.15) is 5.56 Å². The largest absolute Gasteiger partial charge is 0.497 e. The van der Waals surface area contributed by atoms with Gasteiger partial charge in [-0.05, 0) is 30.3 Å². The highest BCUT2D eigenvalue weighted by Gasteiger charge is 2.21. The van der Waals surface area contributed by atoms with Crippen LogP contribution < -0.4 is 19.5 Å². The van der Waals surface area contributed by atoms with Gasteiger partial charge in [0, 0.05) is 23.9 Å². The summed E-state index contributed by atoms with van der Waals surface area (Å²) >= 11 is 0. The fourth-order valence-electron chi connectivity index (χ4n) is 3.12. The van der Waals surface area contributed by atoms with Gasteiger partial charge >= 0.3 is 0 Å². The number of nitriles is 1. The van der Waals surface area contributed by atoms with E-state index in [1.807, 2.05) is 0 Å². The van der Waals surface area contributed by atoms with E-state index in [2.05, 4.69) is 20.0 Å². The summed E-state index contributed by atoms with van der Waals surface area (Å²) in [5, 5.41) is 12.1. The number of nitrogens with zero attached hydrogens (tertiary/aromatic N) is 3. The summed E-state index contributed by atoms with van der Waals surface area (Å²) in [7, 11) is -1.22. The Balaban J connectivity index is 1.79. The van der Waals surface area contributed by atoms with Gasteiger partial charge in [0.2, 0.25) is 0 Å². The van der Waals surface area contributed by atoms with E-state index in [9.17, 15) is 12.8 Å². The number of fused-ring (bicyclic) bond motifs is 1. The van der Waals surface area contributed by atoms with E-state index in [4.69, 9.17) is 14.7 Å². The average Bonchev–Trinajstić information content (AvgIpc) is 2.84. The Morgan fingerprint density at radius 3 is 2.12 bits per heavy atom. The fourth-order valence-corrected chi connectivity index (χ4v) is 4.15. The lowest BCUT2D eigenvalue weighted by atomic mass is 10.2. The Kier molecular flexibility index (Phi) is 6.16. The molecule has 34 heavy (non-hydrogen) atoms. The number of rotatable bonds is 7. The topological polar surface area (TPSA) is 126 Å². The Hall–Kier alpha value is -4.43. The van der Waals surface area contributed by atoms with Gasteiger partial charge in [-0.1, -0.05) is 12.1 Å². The molecular weight excluding hydrogens is 461 g/mol. The third-order valence-corrected chi connectivity index (χ3v) is 6.12. The van der Waals surface area contributed by atoms with Crippen molar-refractivity contribution in [3.05, 3.63) is 72.0 Å². The number of hydrogen-bond acceptors (Lipinski definition) is 8. The monoisotopic (exact) mass is 479 g/mol. The van der Waals surface area contributed by atoms with Crippen LogP contribution in [-0.2, 0) is 10.0 Å². The van der Waals surface area contributed by atoms with Crippen LogP contribution in [0.25, 0.3) is 11.0 Å². The molecule has 1 aromatic heterocycles. The molecule has 0 unspecified atom stereocenters. The van der Waals surface area contributed by atoms with Gasteiger partial charge < -0.3 is 14.8 Å². The molecule has 0 spiro atoms. The predicted octanol–water partition coefficient (Wildman–Crippen LogP) is 4.20. The summed E-state index contributed by atoms with van der Waals surface area (Å²) < 4.78 is 52.7. The van der Waals surface area contributed by atoms with Gasteiger partial charge in [0.15, 0.2) is 11.6 Å². The number of anilines is 3. The third-order valence-electron chi connectivity index (χ3n) is 4.78. The van der Waals surface area contributed by atoms with Crippen molar-refractivity contribution in [2.75, 3.05) is 24.3 Å². The van der Waals surface area contributed by atoms with Gasteiger partial charge in [-0.2, -0.15) is 5.26 Å². The van der Waals surface area contributed by atoms with Crippen molar-refractivity contribution >= 4 is 38.4 Å². The molecule has 4 aromatic rings. The lowest BCUT2D eigenvalue weighted by Crippen LogP contribution is -2.16. The summed E-state index contributed by atoms with van der Waals surface area (Å²) in [5.74, 6) is 0.214. The minimum atomic E-state index is -4.23. The summed E-state index contributed by atoms with van der Waals surface area (Å²) in [4.78, 5) is 8.63. The van der Waals surface area contributed by atoms with Crippen LogP contribution in [0.2, 0.25) is 0 Å². The summed E-state index contributed by atoms with van der Waals surface area (Å²) in [6.07, 6.45) is 0. The molecule has 4 rings (SSSR count). The van der Waals surface area contributed by atoms with Gasteiger partial charge in [-0.15, -0.1) is 0 Å². The number of ether oxygens (including phenoxy) is 2. The number of halogens is 1. The van der Waals surface area contributed by atoms with Crippen LogP contribution in [0.5, 0.6) is 11.5 Å². The molecule has 1 heterocycles. The van der Waals surface area contributed by atoms with E-state index in [0.717, 1.165) is 18.2 Å². The minimum Gasteiger partial charge on any atom is -0.497 e. The van der Waals surface area contributed by atoms with Crippen molar-refractivity contribution in [1.82, 2.24) is 9.97 Å². The summed E-state index contributed by atoms with van der Waals surface area (Å²) in [6, 6.07) is 16.5. The maximum atomic E-state index is 13.7. The molecule has 0 atom stereocenters. The molecule has 0 saturated carbocycles. The summed E-state index contributed by atoms with van der Waals surface area (Å²) in [5.41, 5.74) is 1.09. The van der Waals surface area contributed by atoms with Gasteiger partial charge in [-0.3, -0.25) is 4.72 Å². The number of sulfonamides is 1. The first kappa shape index (κ1) is 22.8. The van der Waals surface area contributed by atoms with Crippen molar-refractivity contribution in [2.24, 2.45) is 0 Å². The first-order chi connectivity index (χ1) is 16.3. The Labute approximate surface area is 194 Å². The van der Waals surface area contributed by atoms with E-state index >= 15 is 0 Å². The third kappa shape index (κ3) is 4.67. The first-order valence-electron chi connectivity index (χ1n) is 9.82. The number of hydrogen-bond donors (Lipinski definition) is 2. The molecule has 0 amide bonds. The SMILES string of the molecule is COc1cc(Nc2nc3ccccc3nc2NS(=O)(=O)c2ccc(F)c(C#N)c2)cc(OC)c1. The molecular formula is C23H18FN5O4S. The Bertz CT molecular complexity index is 1510. The first-order valence-corrected chi connectivity index (χ1v) is 11.3. The molecule has 0 saturated heterocycles. The van der Waals surface area contributed by atoms with Crippen molar-refractivity contribution in [3.8, 4) is 17.6 Å². The summed E-state index contributed by atoms with van der Waals surface area (Å²) in [6.45, 7) is 0. The Morgan fingerprint density at radius 2 is 1.53 bits per heavy atom. The molecule has 0 fully saturated rings. The molecule has 0 radical (unpaired) electrons. The molecule has 172 valence electrons. The van der Waals surface area contributed by atoms with E-state index in [-0.39, 0.29) is 16.5 Å². The molecule has 2 N–H and O–H groups in total. The fraction of sp³-hybridized carbons (Fsp3) is 0.0870.